The van der Waals surface area contributed by atoms with Gasteiger partial charge in [0.05, 0.1) is 16.1 Å². The third-order valence-corrected chi connectivity index (χ3v) is 6.18. The van der Waals surface area contributed by atoms with Gasteiger partial charge in [0.1, 0.15) is 5.75 Å². The summed E-state index contributed by atoms with van der Waals surface area (Å²) in [5, 5.41) is 17.0. The van der Waals surface area contributed by atoms with Crippen molar-refractivity contribution in [2.24, 2.45) is 0 Å². The summed E-state index contributed by atoms with van der Waals surface area (Å²) < 4.78 is 38.6. The molecule has 0 atom stereocenters. The van der Waals surface area contributed by atoms with E-state index < -0.39 is 23.6 Å². The van der Waals surface area contributed by atoms with Crippen molar-refractivity contribution in [2.75, 3.05) is 10.6 Å². The number of phenols is 1. The Morgan fingerprint density at radius 2 is 1.63 bits per heavy atom. The number of alkyl halides is 3. The van der Waals surface area contributed by atoms with Crippen LogP contribution >= 0.6 is 22.9 Å². The predicted octanol–water partition coefficient (Wildman–Crippen LogP) is 7.30. The third-order valence-electron chi connectivity index (χ3n) is 5.00. The number of rotatable bonds is 5. The molecule has 4 rings (SSSR count). The van der Waals surface area contributed by atoms with Crippen molar-refractivity contribution in [2.45, 2.75) is 6.18 Å². The second kappa shape index (κ2) is 9.81. The first-order valence-corrected chi connectivity index (χ1v) is 11.3. The van der Waals surface area contributed by atoms with Crippen molar-refractivity contribution >= 4 is 46.1 Å². The molecule has 178 valence electrons. The molecule has 35 heavy (non-hydrogen) atoms. The van der Waals surface area contributed by atoms with E-state index in [-0.39, 0.29) is 22.0 Å². The molecule has 3 aromatic carbocycles. The van der Waals surface area contributed by atoms with Gasteiger partial charge in [-0.05, 0) is 59.5 Å². The van der Waals surface area contributed by atoms with Crippen LogP contribution in [0.1, 0.15) is 25.6 Å². The van der Waals surface area contributed by atoms with Crippen molar-refractivity contribution in [1.82, 2.24) is 0 Å². The van der Waals surface area contributed by atoms with Gasteiger partial charge < -0.3 is 15.7 Å². The minimum atomic E-state index is -4.50. The Kier molecular flexibility index (Phi) is 6.81. The topological polar surface area (TPSA) is 78.4 Å². The van der Waals surface area contributed by atoms with Crippen LogP contribution in [0.15, 0.2) is 78.2 Å². The molecule has 0 saturated heterocycles. The standard InChI is InChI=1S/C25H16ClF3N2O3S/c26-19-12-16(25(27,28)29)7-9-18(19)14-3-5-15(6-4-14)23(33)30-17-8-10-21(32)20(13-17)31-24(34)22-2-1-11-35-22/h1-13,32H,(H,30,33)(H,31,34). The first-order chi connectivity index (χ1) is 16.6. The van der Waals surface area contributed by atoms with Crippen LogP contribution in [0.25, 0.3) is 11.1 Å². The van der Waals surface area contributed by atoms with E-state index in [0.717, 1.165) is 12.1 Å². The first-order valence-electron chi connectivity index (χ1n) is 10.1. The molecular formula is C25H16ClF3N2O3S. The maximum absolute atomic E-state index is 12.9. The number of amides is 2. The number of anilines is 2. The lowest BCUT2D eigenvalue weighted by atomic mass is 10.0. The van der Waals surface area contributed by atoms with Gasteiger partial charge in [0, 0.05) is 21.8 Å². The van der Waals surface area contributed by atoms with Gasteiger partial charge >= 0.3 is 6.18 Å². The Hall–Kier alpha value is -3.82. The molecule has 10 heteroatoms. The first kappa shape index (κ1) is 24.3. The quantitative estimate of drug-likeness (QED) is 0.192. The molecule has 0 aliphatic carbocycles. The number of aromatic hydroxyl groups is 1. The molecule has 5 nitrogen and oxygen atoms in total. The van der Waals surface area contributed by atoms with E-state index in [0.29, 0.717) is 21.7 Å². The summed E-state index contributed by atoms with van der Waals surface area (Å²) in [6.07, 6.45) is -4.50. The van der Waals surface area contributed by atoms with Crippen LogP contribution in [0, 0.1) is 0 Å². The molecule has 0 fully saturated rings. The molecule has 2 amide bonds. The molecule has 0 bridgehead atoms. The smallest absolute Gasteiger partial charge is 0.416 e. The average molecular weight is 517 g/mol. The van der Waals surface area contributed by atoms with Gasteiger partial charge in [-0.15, -0.1) is 11.3 Å². The minimum absolute atomic E-state index is 0.0572. The molecular weight excluding hydrogens is 501 g/mol. The van der Waals surface area contributed by atoms with E-state index in [1.165, 1.54) is 47.7 Å². The van der Waals surface area contributed by atoms with E-state index >= 15 is 0 Å². The van der Waals surface area contributed by atoms with E-state index in [1.807, 2.05) is 0 Å². The normalized spacial score (nSPS) is 11.2. The monoisotopic (exact) mass is 516 g/mol. The van der Waals surface area contributed by atoms with E-state index in [2.05, 4.69) is 10.6 Å². The lowest BCUT2D eigenvalue weighted by Gasteiger charge is -2.12. The summed E-state index contributed by atoms with van der Waals surface area (Å²) in [7, 11) is 0. The van der Waals surface area contributed by atoms with Crippen LogP contribution in [-0.4, -0.2) is 16.9 Å². The summed E-state index contributed by atoms with van der Waals surface area (Å²) >= 11 is 7.30. The fraction of sp³-hybridized carbons (Fsp3) is 0.0400. The van der Waals surface area contributed by atoms with Crippen LogP contribution in [0.4, 0.5) is 24.5 Å². The van der Waals surface area contributed by atoms with Gasteiger partial charge in [-0.3, -0.25) is 9.59 Å². The van der Waals surface area contributed by atoms with Crippen molar-refractivity contribution in [1.29, 1.82) is 0 Å². The summed E-state index contributed by atoms with van der Waals surface area (Å²) in [5.74, 6) is -1.02. The molecule has 4 aromatic rings. The molecule has 0 radical (unpaired) electrons. The van der Waals surface area contributed by atoms with E-state index in [1.54, 1.807) is 29.6 Å². The van der Waals surface area contributed by atoms with E-state index in [9.17, 15) is 27.9 Å². The second-order valence-corrected chi connectivity index (χ2v) is 8.74. The fourth-order valence-corrected chi connectivity index (χ4v) is 4.14. The number of halogens is 4. The number of hydrogen-bond donors (Lipinski definition) is 3. The highest BCUT2D eigenvalue weighted by atomic mass is 35.5. The van der Waals surface area contributed by atoms with Crippen LogP contribution < -0.4 is 10.6 Å². The molecule has 0 unspecified atom stereocenters. The zero-order valence-corrected chi connectivity index (χ0v) is 19.3. The van der Waals surface area contributed by atoms with Gasteiger partial charge in [0.15, 0.2) is 0 Å². The number of carbonyl (C=O) groups excluding carboxylic acids is 2. The maximum atomic E-state index is 12.9. The molecule has 1 aromatic heterocycles. The SMILES string of the molecule is O=C(Nc1ccc(O)c(NC(=O)c2cccs2)c1)c1ccc(-c2ccc(C(F)(F)F)cc2Cl)cc1. The molecule has 3 N–H and O–H groups in total. The average Bonchev–Trinajstić information content (AvgIpc) is 3.36. The number of phenolic OH excluding ortho intramolecular Hbond substituents is 1. The molecule has 0 aliphatic rings. The number of carbonyl (C=O) groups is 2. The number of nitrogens with one attached hydrogen (secondary N) is 2. The minimum Gasteiger partial charge on any atom is -0.506 e. The molecule has 1 heterocycles. The van der Waals surface area contributed by atoms with Crippen LogP contribution in [0.5, 0.6) is 5.75 Å². The largest absolute Gasteiger partial charge is 0.506 e. The Morgan fingerprint density at radius 1 is 0.886 bits per heavy atom. The Bertz CT molecular complexity index is 1390. The van der Waals surface area contributed by atoms with Gasteiger partial charge in [0.2, 0.25) is 0 Å². The third kappa shape index (κ3) is 5.64. The van der Waals surface area contributed by atoms with Gasteiger partial charge in [0.25, 0.3) is 11.8 Å². The zero-order chi connectivity index (χ0) is 25.2. The highest BCUT2D eigenvalue weighted by molar-refractivity contribution is 7.12. The van der Waals surface area contributed by atoms with Gasteiger partial charge in [-0.25, -0.2) is 0 Å². The highest BCUT2D eigenvalue weighted by Gasteiger charge is 2.31. The molecule has 0 spiro atoms. The van der Waals surface area contributed by atoms with Crippen LogP contribution in [0.2, 0.25) is 5.02 Å². The summed E-state index contributed by atoms with van der Waals surface area (Å²) in [6, 6.07) is 16.9. The van der Waals surface area contributed by atoms with Crippen LogP contribution in [-0.2, 0) is 6.18 Å². The zero-order valence-electron chi connectivity index (χ0n) is 17.7. The highest BCUT2D eigenvalue weighted by Crippen LogP contribution is 2.35. The second-order valence-electron chi connectivity index (χ2n) is 7.39. The molecule has 0 aliphatic heterocycles. The van der Waals surface area contributed by atoms with Crippen molar-refractivity contribution < 1.29 is 27.9 Å². The summed E-state index contributed by atoms with van der Waals surface area (Å²) in [5.41, 5.74) is 0.855. The number of thiophene rings is 1. The summed E-state index contributed by atoms with van der Waals surface area (Å²) in [6.45, 7) is 0. The van der Waals surface area contributed by atoms with Crippen molar-refractivity contribution in [3.8, 4) is 16.9 Å². The fourth-order valence-electron chi connectivity index (χ4n) is 3.24. The van der Waals surface area contributed by atoms with E-state index in [4.69, 9.17) is 11.6 Å². The number of benzene rings is 3. The van der Waals surface area contributed by atoms with Crippen molar-refractivity contribution in [3.63, 3.8) is 0 Å². The summed E-state index contributed by atoms with van der Waals surface area (Å²) in [4.78, 5) is 25.4. The Labute approximate surface area is 206 Å². The Morgan fingerprint density at radius 3 is 2.26 bits per heavy atom. The lowest BCUT2D eigenvalue weighted by molar-refractivity contribution is -0.137. The van der Waals surface area contributed by atoms with Crippen LogP contribution in [0.3, 0.4) is 0 Å². The maximum Gasteiger partial charge on any atom is 0.416 e. The lowest BCUT2D eigenvalue weighted by Crippen LogP contribution is -2.13. The van der Waals surface area contributed by atoms with Crippen molar-refractivity contribution in [3.05, 3.63) is 99.2 Å². The molecule has 0 saturated carbocycles. The van der Waals surface area contributed by atoms with Gasteiger partial charge in [-0.2, -0.15) is 13.2 Å². The predicted molar refractivity (Wildman–Crippen MR) is 130 cm³/mol. The number of hydrogen-bond acceptors (Lipinski definition) is 4. The Balaban J connectivity index is 1.48. The van der Waals surface area contributed by atoms with Gasteiger partial charge in [-0.1, -0.05) is 35.9 Å².